The molecule has 0 unspecified atom stereocenters. The summed E-state index contributed by atoms with van der Waals surface area (Å²) in [7, 11) is 0. The number of piperidine rings is 4. The average molecular weight is 1050 g/mol. The third-order valence-electron chi connectivity index (χ3n) is 18.6. The number of carbonyl (C=O) groups excluding carboxylic acids is 5. The number of nitrogens with one attached hydrogen (secondary N) is 2. The number of hydrogen-bond donors (Lipinski definition) is 2. The molecule has 404 valence electrons. The summed E-state index contributed by atoms with van der Waals surface area (Å²) in [6.45, 7) is 10.5. The summed E-state index contributed by atoms with van der Waals surface area (Å²) in [5.74, 6) is -0.0290. The summed E-state index contributed by atoms with van der Waals surface area (Å²) in [6, 6.07) is 19.1. The molecule has 1 atom stereocenters. The maximum absolute atomic E-state index is 15.4. The molecule has 0 radical (unpaired) electrons. The molecule has 5 amide bonds. The fraction of sp³-hybridized carbons (Fsp3) is 0.533. The molecule has 2 aromatic carbocycles. The van der Waals surface area contributed by atoms with Crippen molar-refractivity contribution in [3.05, 3.63) is 90.1 Å². The second-order valence-corrected chi connectivity index (χ2v) is 23.6. The molecule has 77 heavy (non-hydrogen) atoms. The van der Waals surface area contributed by atoms with Crippen LogP contribution in [-0.4, -0.2) is 121 Å². The predicted molar refractivity (Wildman–Crippen MR) is 290 cm³/mol. The van der Waals surface area contributed by atoms with Gasteiger partial charge in [0.15, 0.2) is 5.82 Å². The number of pyridine rings is 2. The van der Waals surface area contributed by atoms with Gasteiger partial charge in [0.25, 0.3) is 0 Å². The van der Waals surface area contributed by atoms with E-state index in [-0.39, 0.29) is 59.5 Å². The molecule has 1 spiro atoms. The Morgan fingerprint density at radius 3 is 2.26 bits per heavy atom. The van der Waals surface area contributed by atoms with E-state index < -0.39 is 16.7 Å². The van der Waals surface area contributed by atoms with Gasteiger partial charge in [-0.1, -0.05) is 43.7 Å². The summed E-state index contributed by atoms with van der Waals surface area (Å²) >= 11 is 0. The Morgan fingerprint density at radius 2 is 1.56 bits per heavy atom. The number of carbonyl (C=O) groups is 5. The lowest BCUT2D eigenvalue weighted by molar-refractivity contribution is -0.150. The van der Waals surface area contributed by atoms with Gasteiger partial charge in [-0.25, -0.2) is 19.3 Å². The molecule has 5 aromatic rings. The monoisotopic (exact) mass is 1050 g/mol. The zero-order valence-electron chi connectivity index (χ0n) is 44.6. The van der Waals surface area contributed by atoms with E-state index in [1.165, 1.54) is 25.3 Å². The third-order valence-corrected chi connectivity index (χ3v) is 18.6. The minimum atomic E-state index is -0.759. The van der Waals surface area contributed by atoms with Crippen LogP contribution in [0.2, 0.25) is 0 Å². The Labute approximate surface area is 449 Å². The van der Waals surface area contributed by atoms with Crippen molar-refractivity contribution >= 4 is 57.8 Å². The van der Waals surface area contributed by atoms with E-state index in [1.54, 1.807) is 36.8 Å². The number of nitrogens with zero attached hydrogens (tertiary/aromatic N) is 8. The molecule has 16 nitrogen and oxygen atoms in total. The van der Waals surface area contributed by atoms with Gasteiger partial charge >= 0.3 is 0 Å². The van der Waals surface area contributed by atoms with Crippen LogP contribution in [0.4, 0.5) is 21.6 Å². The molecule has 5 aliphatic heterocycles. The van der Waals surface area contributed by atoms with Crippen molar-refractivity contribution in [2.45, 2.75) is 153 Å². The molecule has 8 heterocycles. The van der Waals surface area contributed by atoms with Gasteiger partial charge < -0.3 is 34.2 Å². The van der Waals surface area contributed by atoms with Crippen LogP contribution in [0.15, 0.2) is 73.2 Å². The van der Waals surface area contributed by atoms with Crippen LogP contribution in [0, 0.1) is 17.2 Å². The first-order valence-corrected chi connectivity index (χ1v) is 28.4. The SMILES string of the molecule is CC(C)n1cnc2cc(-c3ccc4c(c3)N(C3CC(N5CCCCC5)C3)C(=O)C43CCN(C(=O)C4(C)CCN(C(=O)C5CCC(Oc6ccc([C@H]7CCC(=O)NC7=O)cn6)CC5)CC4)CC3)nc(Nc3ccccc3F)c21. The molecule has 12 rings (SSSR count). The number of likely N-dealkylation sites (tertiary alicyclic amines) is 3. The summed E-state index contributed by atoms with van der Waals surface area (Å²) in [6.07, 6.45) is 14.9. The molecule has 0 bridgehead atoms. The number of aromatic nitrogens is 4. The molecule has 6 fully saturated rings. The van der Waals surface area contributed by atoms with Crippen molar-refractivity contribution in [3.63, 3.8) is 0 Å². The van der Waals surface area contributed by atoms with E-state index in [1.807, 2.05) is 26.5 Å². The lowest BCUT2D eigenvalue weighted by atomic mass is 9.72. The van der Waals surface area contributed by atoms with Crippen LogP contribution in [0.5, 0.6) is 5.88 Å². The van der Waals surface area contributed by atoms with Crippen LogP contribution in [0.3, 0.4) is 0 Å². The number of imidazole rings is 1. The number of anilines is 3. The van der Waals surface area contributed by atoms with E-state index in [9.17, 15) is 19.2 Å². The maximum atomic E-state index is 15.4. The van der Waals surface area contributed by atoms with E-state index >= 15 is 9.18 Å². The van der Waals surface area contributed by atoms with Crippen molar-refractivity contribution in [1.82, 2.24) is 39.5 Å². The highest BCUT2D eigenvalue weighted by atomic mass is 19.1. The minimum Gasteiger partial charge on any atom is -0.474 e. The van der Waals surface area contributed by atoms with Gasteiger partial charge in [0, 0.05) is 85.6 Å². The lowest BCUT2D eigenvalue weighted by Crippen LogP contribution is -2.59. The molecule has 4 saturated heterocycles. The standard InChI is InChI=1S/C60H71FN10O6/c1-37(2)70-36-63-49-34-48(65-54(53(49)70)64-47-10-6-5-9-46(47)61)39-13-18-45-50(31-39)71(42-32-41(33-42)67-25-7-4-8-26-67)58(76)60(45)23-29-69(30-24-60)57(75)59(3)21-27-68(28-22-59)56(74)38-11-15-43(16-12-38)77-52-20-14-40(35-62-52)44-17-19-51(72)66-55(44)73/h5-6,9-10,13-14,18,20,31,34-38,41-44H,4,7-8,11-12,15-17,19,21-30,32-33H2,1-3H3,(H,64,65)(H,66,72,73)/t38?,41?,42?,43?,44-/m1/s1. The van der Waals surface area contributed by atoms with Crippen molar-refractivity contribution in [2.24, 2.45) is 11.3 Å². The molecule has 2 aliphatic carbocycles. The number of imide groups is 1. The highest BCUT2D eigenvalue weighted by Gasteiger charge is 2.56. The highest BCUT2D eigenvalue weighted by Crippen LogP contribution is 2.53. The number of rotatable bonds is 11. The average Bonchev–Trinajstić information content (AvgIpc) is 4.22. The fourth-order valence-corrected chi connectivity index (χ4v) is 13.8. The van der Waals surface area contributed by atoms with Gasteiger partial charge in [-0.15, -0.1) is 0 Å². The molecule has 2 N–H and O–H groups in total. The van der Waals surface area contributed by atoms with E-state index in [2.05, 4.69) is 64.4 Å². The summed E-state index contributed by atoms with van der Waals surface area (Å²) in [5.41, 5.74) is 4.69. The van der Waals surface area contributed by atoms with E-state index in [4.69, 9.17) is 14.7 Å². The second-order valence-electron chi connectivity index (χ2n) is 23.6. The van der Waals surface area contributed by atoms with Crippen LogP contribution in [-0.2, 0) is 29.4 Å². The van der Waals surface area contributed by atoms with Gasteiger partial charge in [0.05, 0.1) is 34.6 Å². The van der Waals surface area contributed by atoms with Gasteiger partial charge in [-0.05, 0) is 146 Å². The number of ether oxygens (including phenoxy) is 1. The van der Waals surface area contributed by atoms with Crippen molar-refractivity contribution in [1.29, 1.82) is 0 Å². The summed E-state index contributed by atoms with van der Waals surface area (Å²) in [4.78, 5) is 91.0. The Morgan fingerprint density at radius 1 is 0.818 bits per heavy atom. The predicted octanol–water partition coefficient (Wildman–Crippen LogP) is 8.97. The Bertz CT molecular complexity index is 3090. The fourth-order valence-electron chi connectivity index (χ4n) is 13.8. The van der Waals surface area contributed by atoms with Gasteiger partial charge in [0.2, 0.25) is 35.4 Å². The number of halogens is 1. The number of amides is 5. The smallest absolute Gasteiger partial charge is 0.238 e. The molecule has 2 saturated carbocycles. The second kappa shape index (κ2) is 20.6. The van der Waals surface area contributed by atoms with Crippen LogP contribution in [0.1, 0.15) is 140 Å². The summed E-state index contributed by atoms with van der Waals surface area (Å²) in [5, 5.41) is 5.69. The van der Waals surface area contributed by atoms with Crippen LogP contribution in [0.25, 0.3) is 22.3 Å². The first-order valence-electron chi connectivity index (χ1n) is 28.4. The normalized spacial score (nSPS) is 25.4. The molecule has 3 aromatic heterocycles. The number of hydrogen-bond acceptors (Lipinski definition) is 11. The Balaban J connectivity index is 0.709. The van der Waals surface area contributed by atoms with Crippen molar-refractivity contribution in [2.75, 3.05) is 49.5 Å². The Kier molecular flexibility index (Phi) is 13.6. The largest absolute Gasteiger partial charge is 0.474 e. The first-order chi connectivity index (χ1) is 37.2. The zero-order chi connectivity index (χ0) is 53.2. The quantitative estimate of drug-likeness (QED) is 0.121. The third kappa shape index (κ3) is 9.53. The molecular weight excluding hydrogens is 976 g/mol. The zero-order valence-corrected chi connectivity index (χ0v) is 44.6. The van der Waals surface area contributed by atoms with Crippen LogP contribution < -0.4 is 20.3 Å². The minimum absolute atomic E-state index is 0.0623. The van der Waals surface area contributed by atoms with Crippen molar-refractivity contribution < 1.29 is 33.1 Å². The summed E-state index contributed by atoms with van der Waals surface area (Å²) < 4.78 is 23.4. The topological polar surface area (TPSA) is 175 Å². The molecule has 17 heteroatoms. The van der Waals surface area contributed by atoms with Crippen LogP contribution >= 0.6 is 0 Å². The number of benzene rings is 2. The van der Waals surface area contributed by atoms with Gasteiger partial charge in [-0.3, -0.25) is 29.3 Å². The lowest BCUT2D eigenvalue weighted by Gasteiger charge is -2.48. The molecular formula is C60H71FN10O6. The molecule has 7 aliphatic rings. The highest BCUT2D eigenvalue weighted by molar-refractivity contribution is 6.10. The number of para-hydroxylation sites is 1. The Hall–Kier alpha value is -6.75. The van der Waals surface area contributed by atoms with Crippen molar-refractivity contribution in [3.8, 4) is 17.1 Å². The number of fused-ring (bicyclic) bond motifs is 3. The van der Waals surface area contributed by atoms with E-state index in [0.29, 0.717) is 107 Å². The van der Waals surface area contributed by atoms with Gasteiger partial charge in [0.1, 0.15) is 17.4 Å². The van der Waals surface area contributed by atoms with Gasteiger partial charge in [-0.2, -0.15) is 0 Å². The maximum Gasteiger partial charge on any atom is 0.238 e. The van der Waals surface area contributed by atoms with E-state index in [0.717, 1.165) is 72.2 Å². The first kappa shape index (κ1) is 51.0.